The van der Waals surface area contributed by atoms with E-state index in [1.165, 1.54) is 0 Å². The van der Waals surface area contributed by atoms with Gasteiger partial charge in [0.1, 0.15) is 0 Å². The first-order valence-corrected chi connectivity index (χ1v) is 9.33. The Bertz CT molecular complexity index is 666. The number of benzene rings is 1. The number of rotatable bonds is 3. The second-order valence-electron chi connectivity index (χ2n) is 7.42. The molecule has 1 N–H and O–H groups in total. The van der Waals surface area contributed by atoms with Crippen molar-refractivity contribution >= 4 is 35.8 Å². The van der Waals surface area contributed by atoms with Gasteiger partial charge in [-0.25, -0.2) is 0 Å². The first-order valence-electron chi connectivity index (χ1n) is 8.96. The van der Waals surface area contributed by atoms with Crippen LogP contribution in [0, 0.1) is 0 Å². The molecule has 2 saturated heterocycles. The number of amides is 2. The minimum absolute atomic E-state index is 0. The molecule has 0 aromatic heterocycles. The fourth-order valence-corrected chi connectivity index (χ4v) is 4.25. The number of nitrogens with one attached hydrogen (secondary N) is 1. The Labute approximate surface area is 166 Å². The minimum Gasteiger partial charge on any atom is -0.340 e. The zero-order valence-corrected chi connectivity index (χ0v) is 16.9. The molecule has 0 saturated carbocycles. The van der Waals surface area contributed by atoms with E-state index in [0.29, 0.717) is 18.1 Å². The van der Waals surface area contributed by atoms with E-state index in [1.807, 2.05) is 47.9 Å². The van der Waals surface area contributed by atoms with Crippen molar-refractivity contribution in [3.63, 3.8) is 0 Å². The monoisotopic (exact) mass is 399 g/mol. The molecule has 0 radical (unpaired) electrons. The highest BCUT2D eigenvalue weighted by Crippen LogP contribution is 2.32. The molecule has 144 valence electrons. The van der Waals surface area contributed by atoms with Crippen LogP contribution in [-0.4, -0.2) is 60.4 Å². The van der Waals surface area contributed by atoms with Crippen molar-refractivity contribution in [3.8, 4) is 0 Å². The van der Waals surface area contributed by atoms with Gasteiger partial charge in [0.25, 0.3) is 0 Å². The van der Waals surface area contributed by atoms with Crippen LogP contribution in [0.3, 0.4) is 0 Å². The second-order valence-corrected chi connectivity index (χ2v) is 7.82. The predicted molar refractivity (Wildman–Crippen MR) is 106 cm³/mol. The number of carbonyl (C=O) groups excluding carboxylic acids is 2. The van der Waals surface area contributed by atoms with E-state index in [9.17, 15) is 9.59 Å². The smallest absolute Gasteiger partial charge is 0.236 e. The average molecular weight is 400 g/mol. The molecule has 0 aliphatic carbocycles. The van der Waals surface area contributed by atoms with Gasteiger partial charge in [0.05, 0.1) is 12.0 Å². The van der Waals surface area contributed by atoms with Crippen LogP contribution in [0.15, 0.2) is 24.3 Å². The lowest BCUT2D eigenvalue weighted by molar-refractivity contribution is -0.143. The number of likely N-dealkylation sites (tertiary alicyclic amines) is 1. The maximum atomic E-state index is 13.2. The maximum absolute atomic E-state index is 13.2. The highest BCUT2D eigenvalue weighted by Gasteiger charge is 2.38. The van der Waals surface area contributed by atoms with E-state index in [4.69, 9.17) is 11.6 Å². The van der Waals surface area contributed by atoms with Gasteiger partial charge < -0.3 is 15.1 Å². The normalized spacial score (nSPS) is 21.3. The molecule has 1 unspecified atom stereocenters. The average Bonchev–Trinajstić information content (AvgIpc) is 2.62. The second kappa shape index (κ2) is 8.59. The largest absolute Gasteiger partial charge is 0.340 e. The molecule has 1 aromatic rings. The van der Waals surface area contributed by atoms with E-state index in [1.54, 1.807) is 0 Å². The van der Waals surface area contributed by atoms with Gasteiger partial charge in [-0.2, -0.15) is 0 Å². The number of piperidine rings is 1. The van der Waals surface area contributed by atoms with Crippen LogP contribution in [-0.2, 0) is 15.0 Å². The van der Waals surface area contributed by atoms with Crippen molar-refractivity contribution in [1.82, 2.24) is 15.1 Å². The summed E-state index contributed by atoms with van der Waals surface area (Å²) in [6.45, 7) is 7.14. The quantitative estimate of drug-likeness (QED) is 0.848. The highest BCUT2D eigenvalue weighted by molar-refractivity contribution is 6.31. The molecule has 2 heterocycles. The van der Waals surface area contributed by atoms with Crippen molar-refractivity contribution in [1.29, 1.82) is 0 Å². The van der Waals surface area contributed by atoms with Crippen LogP contribution < -0.4 is 5.32 Å². The Balaban J connectivity index is 0.00000243. The molecule has 0 spiro atoms. The number of hydrogen-bond donors (Lipinski definition) is 1. The number of carbonyl (C=O) groups is 2. The summed E-state index contributed by atoms with van der Waals surface area (Å²) < 4.78 is 0. The fraction of sp³-hybridized carbons (Fsp3) is 0.579. The molecular weight excluding hydrogens is 373 g/mol. The van der Waals surface area contributed by atoms with E-state index in [-0.39, 0.29) is 30.3 Å². The molecular formula is C19H27Cl2N3O2. The van der Waals surface area contributed by atoms with E-state index >= 15 is 0 Å². The van der Waals surface area contributed by atoms with E-state index < -0.39 is 5.41 Å². The van der Waals surface area contributed by atoms with Crippen LogP contribution in [0.1, 0.15) is 32.3 Å². The topological polar surface area (TPSA) is 52.7 Å². The molecule has 1 atom stereocenters. The maximum Gasteiger partial charge on any atom is 0.236 e. The summed E-state index contributed by atoms with van der Waals surface area (Å²) in [5, 5.41) is 3.72. The van der Waals surface area contributed by atoms with Crippen LogP contribution in [0.25, 0.3) is 0 Å². The molecule has 2 amide bonds. The van der Waals surface area contributed by atoms with Crippen molar-refractivity contribution < 1.29 is 9.59 Å². The summed E-state index contributed by atoms with van der Waals surface area (Å²) >= 11 is 6.33. The first-order chi connectivity index (χ1) is 11.9. The van der Waals surface area contributed by atoms with Crippen molar-refractivity contribution in [2.75, 3.05) is 32.7 Å². The van der Waals surface area contributed by atoms with Crippen LogP contribution in [0.5, 0.6) is 0 Å². The van der Waals surface area contributed by atoms with Gasteiger partial charge in [0.15, 0.2) is 0 Å². The van der Waals surface area contributed by atoms with Gasteiger partial charge >= 0.3 is 0 Å². The number of halogens is 2. The van der Waals surface area contributed by atoms with Gasteiger partial charge in [0.2, 0.25) is 11.8 Å². The van der Waals surface area contributed by atoms with Gasteiger partial charge in [-0.1, -0.05) is 29.8 Å². The van der Waals surface area contributed by atoms with Crippen molar-refractivity contribution in [2.45, 2.75) is 38.1 Å². The lowest BCUT2D eigenvalue weighted by Crippen LogP contribution is -2.58. The molecule has 1 aromatic carbocycles. The molecule has 2 fully saturated rings. The molecule has 3 rings (SSSR count). The molecule has 5 nitrogen and oxygen atoms in total. The number of hydrogen-bond acceptors (Lipinski definition) is 3. The van der Waals surface area contributed by atoms with Gasteiger partial charge in [0, 0.05) is 37.2 Å². The van der Waals surface area contributed by atoms with Gasteiger partial charge in [-0.05, 0) is 38.3 Å². The van der Waals surface area contributed by atoms with Crippen molar-refractivity contribution in [3.05, 3.63) is 34.9 Å². The van der Waals surface area contributed by atoms with E-state index in [0.717, 1.165) is 38.0 Å². The fourth-order valence-electron chi connectivity index (χ4n) is 3.88. The third-order valence-corrected chi connectivity index (χ3v) is 5.66. The Kier molecular flexibility index (Phi) is 6.94. The molecule has 26 heavy (non-hydrogen) atoms. The van der Waals surface area contributed by atoms with Gasteiger partial charge in [-0.3, -0.25) is 9.59 Å². The Morgan fingerprint density at radius 1 is 1.27 bits per heavy atom. The zero-order chi connectivity index (χ0) is 18.0. The first kappa shape index (κ1) is 21.0. The SMILES string of the molecule is CC(C)(C(=O)N1CCCC(N2CCNCC2=O)C1)c1ccccc1Cl.Cl. The molecule has 7 heteroatoms. The summed E-state index contributed by atoms with van der Waals surface area (Å²) in [6.07, 6.45) is 1.88. The molecule has 2 aliphatic rings. The lowest BCUT2D eigenvalue weighted by Gasteiger charge is -2.43. The third kappa shape index (κ3) is 4.16. The summed E-state index contributed by atoms with van der Waals surface area (Å²) in [5.41, 5.74) is 0.162. The Hall–Kier alpha value is -1.30. The summed E-state index contributed by atoms with van der Waals surface area (Å²) in [4.78, 5) is 29.3. The Morgan fingerprint density at radius 2 is 2.00 bits per heavy atom. The van der Waals surface area contributed by atoms with Crippen LogP contribution >= 0.6 is 24.0 Å². The van der Waals surface area contributed by atoms with Gasteiger partial charge in [-0.15, -0.1) is 12.4 Å². The van der Waals surface area contributed by atoms with Crippen LogP contribution in [0.2, 0.25) is 5.02 Å². The molecule has 2 aliphatic heterocycles. The number of nitrogens with zero attached hydrogens (tertiary/aromatic N) is 2. The zero-order valence-electron chi connectivity index (χ0n) is 15.3. The number of piperazine rings is 1. The highest BCUT2D eigenvalue weighted by atomic mass is 35.5. The summed E-state index contributed by atoms with van der Waals surface area (Å²) in [7, 11) is 0. The lowest BCUT2D eigenvalue weighted by atomic mass is 9.82. The minimum atomic E-state index is -0.687. The standard InChI is InChI=1S/C19H26ClN3O2.ClH/c1-19(2,15-7-3-4-8-16(15)20)18(25)22-10-5-6-14(13-22)23-11-9-21-12-17(23)24;/h3-4,7-8,14,21H,5-6,9-13H2,1-2H3;1H. The van der Waals surface area contributed by atoms with Crippen molar-refractivity contribution in [2.24, 2.45) is 0 Å². The van der Waals surface area contributed by atoms with Crippen LogP contribution in [0.4, 0.5) is 0 Å². The van der Waals surface area contributed by atoms with E-state index in [2.05, 4.69) is 5.32 Å². The summed E-state index contributed by atoms with van der Waals surface area (Å²) in [5.74, 6) is 0.212. The Morgan fingerprint density at radius 3 is 2.69 bits per heavy atom. The summed E-state index contributed by atoms with van der Waals surface area (Å²) in [6, 6.07) is 7.65. The third-order valence-electron chi connectivity index (χ3n) is 5.33. The molecule has 0 bridgehead atoms. The predicted octanol–water partition coefficient (Wildman–Crippen LogP) is 2.46.